The van der Waals surface area contributed by atoms with Gasteiger partial charge in [0.05, 0.1) is 12.2 Å². The van der Waals surface area contributed by atoms with Gasteiger partial charge in [-0.3, -0.25) is 5.32 Å². The van der Waals surface area contributed by atoms with Gasteiger partial charge in [0.25, 0.3) is 0 Å². The molecule has 1 N–H and O–H groups in total. The molecule has 0 rings (SSSR count). The first kappa shape index (κ1) is 16.4. The van der Waals surface area contributed by atoms with Gasteiger partial charge in [-0.25, -0.2) is 0 Å². The van der Waals surface area contributed by atoms with E-state index in [2.05, 4.69) is 32.2 Å². The summed E-state index contributed by atoms with van der Waals surface area (Å²) in [5.41, 5.74) is -0.377. The van der Waals surface area contributed by atoms with Gasteiger partial charge < -0.3 is 4.74 Å². The Morgan fingerprint density at radius 1 is 1.29 bits per heavy atom. The van der Waals surface area contributed by atoms with Crippen molar-refractivity contribution in [1.29, 1.82) is 5.26 Å². The molecule has 0 amide bonds. The van der Waals surface area contributed by atoms with E-state index in [9.17, 15) is 0 Å². The van der Waals surface area contributed by atoms with Gasteiger partial charge in [0, 0.05) is 6.61 Å². The molecule has 0 aliphatic heterocycles. The molecule has 2 atom stereocenters. The van der Waals surface area contributed by atoms with Crippen LogP contribution < -0.4 is 5.32 Å². The fourth-order valence-electron chi connectivity index (χ4n) is 1.62. The number of unbranched alkanes of at least 4 members (excludes halogenated alkanes) is 1. The fraction of sp³-hybridized carbons (Fsp3) is 0.929. The van der Waals surface area contributed by atoms with E-state index in [1.165, 1.54) is 0 Å². The van der Waals surface area contributed by atoms with Gasteiger partial charge >= 0.3 is 0 Å². The van der Waals surface area contributed by atoms with Crippen LogP contribution in [-0.4, -0.2) is 24.8 Å². The van der Waals surface area contributed by atoms with Crippen molar-refractivity contribution in [2.45, 2.75) is 65.5 Å². The van der Waals surface area contributed by atoms with Gasteiger partial charge in [0.15, 0.2) is 0 Å². The number of nitrogens with one attached hydrogen (secondary N) is 1. The first-order chi connectivity index (χ1) is 7.95. The highest BCUT2D eigenvalue weighted by atomic mass is 16.5. The number of hydrogen-bond acceptors (Lipinski definition) is 3. The highest BCUT2D eigenvalue weighted by molar-refractivity contribution is 5.03. The topological polar surface area (TPSA) is 45.0 Å². The van der Waals surface area contributed by atoms with Crippen molar-refractivity contribution in [2.75, 3.05) is 13.2 Å². The third-order valence-electron chi connectivity index (χ3n) is 3.20. The minimum atomic E-state index is -0.377. The van der Waals surface area contributed by atoms with Gasteiger partial charge in [-0.1, -0.05) is 20.8 Å². The smallest absolute Gasteiger partial charge is 0.103 e. The molecule has 0 bridgehead atoms. The summed E-state index contributed by atoms with van der Waals surface area (Å²) < 4.78 is 5.71. The predicted octanol–water partition coefficient (Wildman–Crippen LogP) is 3.11. The van der Waals surface area contributed by atoms with Crippen LogP contribution in [0.25, 0.3) is 0 Å². The molecule has 0 aromatic carbocycles. The van der Waals surface area contributed by atoms with Gasteiger partial charge in [-0.15, -0.1) is 0 Å². The van der Waals surface area contributed by atoms with Crippen LogP contribution in [0.3, 0.4) is 0 Å². The first-order valence-electron chi connectivity index (χ1n) is 6.73. The Hall–Kier alpha value is -0.590. The summed E-state index contributed by atoms with van der Waals surface area (Å²) in [6.45, 7) is 12.1. The highest BCUT2D eigenvalue weighted by Gasteiger charge is 2.21. The van der Waals surface area contributed by atoms with Gasteiger partial charge in [0.2, 0.25) is 0 Å². The molecule has 0 aliphatic rings. The Morgan fingerprint density at radius 2 is 1.94 bits per heavy atom. The molecule has 0 saturated carbocycles. The maximum atomic E-state index is 9.09. The maximum Gasteiger partial charge on any atom is 0.103 e. The van der Waals surface area contributed by atoms with E-state index in [1.54, 1.807) is 0 Å². The number of rotatable bonds is 9. The SMILES string of the molecule is CCNC(C)(C#N)CCCCOC(C)C(C)C. The van der Waals surface area contributed by atoms with E-state index in [-0.39, 0.29) is 5.54 Å². The standard InChI is InChI=1S/C14H28N2O/c1-6-16-14(5,11-15)9-7-8-10-17-13(4)12(2)3/h12-13,16H,6-10H2,1-5H3. The highest BCUT2D eigenvalue weighted by Crippen LogP contribution is 2.13. The lowest BCUT2D eigenvalue weighted by Gasteiger charge is -2.22. The lowest BCUT2D eigenvalue weighted by molar-refractivity contribution is 0.0327. The third kappa shape index (κ3) is 7.36. The quantitative estimate of drug-likeness (QED) is 0.630. The van der Waals surface area contributed by atoms with E-state index >= 15 is 0 Å². The van der Waals surface area contributed by atoms with E-state index in [1.807, 2.05) is 13.8 Å². The minimum Gasteiger partial charge on any atom is -0.378 e. The predicted molar refractivity (Wildman–Crippen MR) is 71.8 cm³/mol. The van der Waals surface area contributed by atoms with Crippen molar-refractivity contribution in [3.8, 4) is 6.07 Å². The minimum absolute atomic E-state index is 0.325. The fourth-order valence-corrected chi connectivity index (χ4v) is 1.62. The number of ether oxygens (including phenoxy) is 1. The average molecular weight is 240 g/mol. The lowest BCUT2D eigenvalue weighted by Crippen LogP contribution is -2.40. The molecule has 100 valence electrons. The molecule has 0 spiro atoms. The molecule has 0 radical (unpaired) electrons. The first-order valence-corrected chi connectivity index (χ1v) is 6.73. The molecule has 0 fully saturated rings. The zero-order chi connectivity index (χ0) is 13.3. The zero-order valence-electron chi connectivity index (χ0n) is 12.0. The van der Waals surface area contributed by atoms with Gasteiger partial charge in [-0.2, -0.15) is 5.26 Å². The summed E-state index contributed by atoms with van der Waals surface area (Å²) in [6, 6.07) is 2.35. The molecule has 0 heterocycles. The molecule has 3 heteroatoms. The number of nitrogens with zero attached hydrogens (tertiary/aromatic N) is 1. The van der Waals surface area contributed by atoms with Crippen molar-refractivity contribution >= 4 is 0 Å². The van der Waals surface area contributed by atoms with Crippen LogP contribution >= 0.6 is 0 Å². The summed E-state index contributed by atoms with van der Waals surface area (Å²) in [6.07, 6.45) is 3.27. The largest absolute Gasteiger partial charge is 0.378 e. The van der Waals surface area contributed by atoms with E-state index in [4.69, 9.17) is 10.00 Å². The second-order valence-electron chi connectivity index (χ2n) is 5.25. The van der Waals surface area contributed by atoms with Crippen LogP contribution in [0.5, 0.6) is 0 Å². The van der Waals surface area contributed by atoms with Gasteiger partial charge in [0.1, 0.15) is 5.54 Å². The Morgan fingerprint density at radius 3 is 2.41 bits per heavy atom. The molecule has 0 saturated heterocycles. The lowest BCUT2D eigenvalue weighted by atomic mass is 9.96. The Labute approximate surface area is 107 Å². The summed E-state index contributed by atoms with van der Waals surface area (Å²) in [5, 5.41) is 12.3. The Kier molecular flexibility index (Phi) is 8.20. The molecule has 0 aromatic rings. The van der Waals surface area contributed by atoms with E-state index in [0.717, 1.165) is 32.4 Å². The summed E-state index contributed by atoms with van der Waals surface area (Å²) in [5.74, 6) is 0.570. The van der Waals surface area contributed by atoms with Crippen LogP contribution in [0.1, 0.15) is 53.9 Å². The molecule has 17 heavy (non-hydrogen) atoms. The summed E-state index contributed by atoms with van der Waals surface area (Å²) in [7, 11) is 0. The zero-order valence-corrected chi connectivity index (χ0v) is 12.0. The molecule has 2 unspecified atom stereocenters. The average Bonchev–Trinajstić information content (AvgIpc) is 2.28. The number of nitriles is 1. The van der Waals surface area contributed by atoms with Crippen LogP contribution in [0.15, 0.2) is 0 Å². The molecular formula is C14H28N2O. The van der Waals surface area contributed by atoms with Crippen LogP contribution in [0.4, 0.5) is 0 Å². The van der Waals surface area contributed by atoms with Crippen molar-refractivity contribution in [1.82, 2.24) is 5.32 Å². The second kappa shape index (κ2) is 8.49. The second-order valence-corrected chi connectivity index (χ2v) is 5.25. The van der Waals surface area contributed by atoms with Gasteiger partial charge in [-0.05, 0) is 45.6 Å². The van der Waals surface area contributed by atoms with Crippen molar-refractivity contribution < 1.29 is 4.74 Å². The maximum absolute atomic E-state index is 9.09. The molecular weight excluding hydrogens is 212 g/mol. The summed E-state index contributed by atoms with van der Waals surface area (Å²) >= 11 is 0. The van der Waals surface area contributed by atoms with Crippen LogP contribution in [-0.2, 0) is 4.74 Å². The van der Waals surface area contributed by atoms with Crippen LogP contribution in [0, 0.1) is 17.2 Å². The van der Waals surface area contributed by atoms with Crippen molar-refractivity contribution in [2.24, 2.45) is 5.92 Å². The monoisotopic (exact) mass is 240 g/mol. The molecule has 0 aliphatic carbocycles. The van der Waals surface area contributed by atoms with E-state index in [0.29, 0.717) is 12.0 Å². The Bertz CT molecular complexity index is 235. The molecule has 0 aromatic heterocycles. The normalized spacial score (nSPS) is 16.5. The van der Waals surface area contributed by atoms with E-state index < -0.39 is 0 Å². The Balaban J connectivity index is 3.67. The molecule has 3 nitrogen and oxygen atoms in total. The van der Waals surface area contributed by atoms with Crippen LogP contribution in [0.2, 0.25) is 0 Å². The summed E-state index contributed by atoms with van der Waals surface area (Å²) in [4.78, 5) is 0. The third-order valence-corrected chi connectivity index (χ3v) is 3.20. The van der Waals surface area contributed by atoms with Crippen molar-refractivity contribution in [3.05, 3.63) is 0 Å². The van der Waals surface area contributed by atoms with Crippen molar-refractivity contribution in [3.63, 3.8) is 0 Å². The number of hydrogen-bond donors (Lipinski definition) is 1.